The van der Waals surface area contributed by atoms with Crippen LogP contribution in [-0.4, -0.2) is 118 Å². The van der Waals surface area contributed by atoms with Gasteiger partial charge < -0.3 is 52.2 Å². The molecule has 0 aromatic heterocycles. The van der Waals surface area contributed by atoms with Crippen molar-refractivity contribution in [1.82, 2.24) is 37.2 Å². The lowest BCUT2D eigenvalue weighted by molar-refractivity contribution is -0.156. The van der Waals surface area contributed by atoms with E-state index < -0.39 is 133 Å². The van der Waals surface area contributed by atoms with Gasteiger partial charge in [-0.3, -0.25) is 43.2 Å². The molecule has 75 heavy (non-hydrogen) atoms. The Morgan fingerprint density at radius 3 is 1.20 bits per heavy atom. The van der Waals surface area contributed by atoms with Crippen molar-refractivity contribution in [3.05, 3.63) is 0 Å². The summed E-state index contributed by atoms with van der Waals surface area (Å²) in [7, 11) is 0. The predicted octanol–water partition coefficient (Wildman–Crippen LogP) is 5.97. The molecule has 1 aliphatic heterocycles. The molecular weight excluding hydrogens is 967 g/mol. The Labute approximate surface area is 447 Å². The van der Waals surface area contributed by atoms with E-state index in [9.17, 15) is 58.2 Å². The van der Waals surface area contributed by atoms with Crippen LogP contribution in [0.3, 0.4) is 0 Å². The third kappa shape index (κ3) is 29.0. The van der Waals surface area contributed by atoms with Gasteiger partial charge in [0.15, 0.2) is 0 Å². The molecule has 0 spiro atoms. The Morgan fingerprint density at radius 1 is 0.467 bits per heavy atom. The second-order valence-corrected chi connectivity index (χ2v) is 22.4. The highest BCUT2D eigenvalue weighted by atomic mass is 16.5. The van der Waals surface area contributed by atoms with Crippen LogP contribution < -0.4 is 37.2 Å². The minimum Gasteiger partial charge on any atom is -0.481 e. The van der Waals surface area contributed by atoms with E-state index in [-0.39, 0.29) is 62.2 Å². The largest absolute Gasteiger partial charge is 0.481 e. The first kappa shape index (κ1) is 67.7. The molecular formula is C55H97N7O13. The summed E-state index contributed by atoms with van der Waals surface area (Å²) in [5.74, 6) is -10.7. The van der Waals surface area contributed by atoms with Gasteiger partial charge in [-0.1, -0.05) is 147 Å². The number of carbonyl (C=O) groups is 10. The van der Waals surface area contributed by atoms with Gasteiger partial charge in [-0.15, -0.1) is 0 Å². The van der Waals surface area contributed by atoms with Crippen LogP contribution in [0.2, 0.25) is 0 Å². The average molecular weight is 1060 g/mol. The highest BCUT2D eigenvalue weighted by Gasteiger charge is 2.37. The molecule has 9 N–H and O–H groups in total. The molecule has 7 amide bonds. The van der Waals surface area contributed by atoms with E-state index in [1.807, 2.05) is 13.8 Å². The van der Waals surface area contributed by atoms with Crippen molar-refractivity contribution in [2.24, 2.45) is 29.6 Å². The number of esters is 1. The molecule has 0 saturated carbocycles. The molecule has 1 heterocycles. The lowest BCUT2D eigenvalue weighted by Crippen LogP contribution is -2.60. The number of carboxylic acid groups (broad SMARTS) is 2. The van der Waals surface area contributed by atoms with Crippen molar-refractivity contribution in [3.8, 4) is 0 Å². The predicted molar refractivity (Wildman–Crippen MR) is 285 cm³/mol. The molecule has 20 nitrogen and oxygen atoms in total. The topological polar surface area (TPSA) is 305 Å². The van der Waals surface area contributed by atoms with Crippen LogP contribution in [0.15, 0.2) is 0 Å². The number of rotatable bonds is 27. The molecule has 0 radical (unpaired) electrons. The van der Waals surface area contributed by atoms with Crippen LogP contribution in [0.5, 0.6) is 0 Å². The van der Waals surface area contributed by atoms with Gasteiger partial charge >= 0.3 is 17.9 Å². The number of aliphatic carboxylic acids is 2. The summed E-state index contributed by atoms with van der Waals surface area (Å²) in [6, 6.07) is -9.62. The fraction of sp³-hybridized carbons (Fsp3) is 0.818. The number of hydrogen-bond donors (Lipinski definition) is 9. The maximum atomic E-state index is 14.3. The van der Waals surface area contributed by atoms with Crippen LogP contribution in [0.1, 0.15) is 211 Å². The second-order valence-electron chi connectivity index (χ2n) is 22.4. The zero-order chi connectivity index (χ0) is 56.8. The van der Waals surface area contributed by atoms with Crippen LogP contribution in [-0.2, 0) is 52.7 Å². The summed E-state index contributed by atoms with van der Waals surface area (Å²) in [4.78, 5) is 137. The van der Waals surface area contributed by atoms with Crippen LogP contribution >= 0.6 is 0 Å². The fourth-order valence-electron chi connectivity index (χ4n) is 8.95. The lowest BCUT2D eigenvalue weighted by Gasteiger charge is -2.29. The Bertz CT molecular complexity index is 1830. The van der Waals surface area contributed by atoms with Gasteiger partial charge in [0.2, 0.25) is 41.4 Å². The van der Waals surface area contributed by atoms with Crippen molar-refractivity contribution in [1.29, 1.82) is 0 Å². The molecule has 0 aliphatic carbocycles. The lowest BCUT2D eigenvalue weighted by atomic mass is 9.97. The molecule has 20 heteroatoms. The number of nitrogens with one attached hydrogen (secondary N) is 7. The summed E-state index contributed by atoms with van der Waals surface area (Å²) in [6.07, 6.45) is 9.16. The zero-order valence-corrected chi connectivity index (χ0v) is 47.2. The molecule has 1 fully saturated rings. The van der Waals surface area contributed by atoms with Gasteiger partial charge in [-0.05, 0) is 74.5 Å². The van der Waals surface area contributed by atoms with Crippen molar-refractivity contribution in [2.75, 3.05) is 0 Å². The molecule has 9 atom stereocenters. The van der Waals surface area contributed by atoms with Crippen LogP contribution in [0, 0.1) is 29.6 Å². The fourth-order valence-corrected chi connectivity index (χ4v) is 8.95. The molecule has 0 aromatic rings. The maximum Gasteiger partial charge on any atom is 0.329 e. The third-order valence-electron chi connectivity index (χ3n) is 13.3. The molecule has 0 aromatic carbocycles. The van der Waals surface area contributed by atoms with Crippen molar-refractivity contribution in [2.45, 2.75) is 259 Å². The summed E-state index contributed by atoms with van der Waals surface area (Å²) < 4.78 is 6.08. The Morgan fingerprint density at radius 2 is 0.827 bits per heavy atom. The van der Waals surface area contributed by atoms with Crippen LogP contribution in [0.4, 0.5) is 0 Å². The molecule has 0 bridgehead atoms. The van der Waals surface area contributed by atoms with Crippen molar-refractivity contribution >= 4 is 59.3 Å². The summed E-state index contributed by atoms with van der Waals surface area (Å²) >= 11 is 0. The maximum absolute atomic E-state index is 14.3. The first-order chi connectivity index (χ1) is 35.3. The number of carbonyl (C=O) groups excluding carboxylic acids is 8. The molecule has 1 saturated heterocycles. The first-order valence-electron chi connectivity index (χ1n) is 28.0. The van der Waals surface area contributed by atoms with Gasteiger partial charge in [-0.25, -0.2) is 4.79 Å². The van der Waals surface area contributed by atoms with E-state index in [2.05, 4.69) is 44.1 Å². The first-order valence-corrected chi connectivity index (χ1v) is 28.0. The minimum atomic E-state index is -1.72. The van der Waals surface area contributed by atoms with E-state index in [1.54, 1.807) is 55.4 Å². The molecule has 1 aliphatic rings. The molecule has 430 valence electrons. The summed E-state index contributed by atoms with van der Waals surface area (Å²) in [5, 5.41) is 38.1. The monoisotopic (exact) mass is 1060 g/mol. The van der Waals surface area contributed by atoms with Gasteiger partial charge in [0.25, 0.3) is 0 Å². The van der Waals surface area contributed by atoms with E-state index in [0.717, 1.165) is 32.1 Å². The number of unbranched alkanes of at least 4 members (excludes halogenated alkanes) is 10. The van der Waals surface area contributed by atoms with Gasteiger partial charge in [-0.2, -0.15) is 0 Å². The highest BCUT2D eigenvalue weighted by molar-refractivity contribution is 5.98. The van der Waals surface area contributed by atoms with E-state index >= 15 is 0 Å². The third-order valence-corrected chi connectivity index (χ3v) is 13.3. The Hall–Kier alpha value is -5.30. The van der Waals surface area contributed by atoms with Crippen molar-refractivity contribution in [3.63, 3.8) is 0 Å². The standard InChI is InChI=1S/C55H97N7O13/c1-12-14-15-16-17-18-19-20-21-22-23-24-38-31-45(63)56-39(25-26-46(64)65)49(68)57-40(27-33(3)4)50(69)58-41(28-34(5)6)51(70)59-42(29-35(7)8)52(71)61-44(32-47(66)67)53(72)60-43(30-36(9)10)54(73)62-48(37(11)13-2)55(74)75-38/h33-44,48H,12-32H2,1-11H3,(H,56,63)(H,57,68)(H,58,69)(H,59,70)(H,60,72)(H,61,71)(H,62,73)(H,64,65)(H,66,67). The van der Waals surface area contributed by atoms with Crippen molar-refractivity contribution < 1.29 is 62.9 Å². The SMILES string of the molecule is CCCCCCCCCCCCCC1CC(=O)NC(CCC(=O)O)C(=O)NC(CC(C)C)C(=O)NC(CC(C)C)C(=O)NC(CC(C)C)C(=O)NC(CC(=O)O)C(=O)NC(CC(C)C)C(=O)NC(C(C)CC)C(=O)O1. The van der Waals surface area contributed by atoms with E-state index in [4.69, 9.17) is 4.74 Å². The van der Waals surface area contributed by atoms with Gasteiger partial charge in [0, 0.05) is 6.42 Å². The smallest absolute Gasteiger partial charge is 0.329 e. The number of ether oxygens (including phenoxy) is 1. The van der Waals surface area contributed by atoms with E-state index in [0.29, 0.717) is 12.8 Å². The van der Waals surface area contributed by atoms with Gasteiger partial charge in [0.05, 0.1) is 12.8 Å². The highest BCUT2D eigenvalue weighted by Crippen LogP contribution is 2.20. The Balaban J connectivity index is 3.95. The second kappa shape index (κ2) is 36.6. The number of hydrogen-bond acceptors (Lipinski definition) is 11. The quantitative estimate of drug-likeness (QED) is 0.0339. The number of amides is 7. The minimum absolute atomic E-state index is 0.0302. The van der Waals surface area contributed by atoms with Crippen LogP contribution in [0.25, 0.3) is 0 Å². The van der Waals surface area contributed by atoms with Gasteiger partial charge in [0.1, 0.15) is 48.4 Å². The number of carboxylic acids is 2. The Kier molecular flexibility index (Phi) is 33.1. The molecule has 1 rings (SSSR count). The number of cyclic esters (lactones) is 1. The normalized spacial score (nSPS) is 24.0. The van der Waals surface area contributed by atoms with E-state index in [1.165, 1.54) is 32.1 Å². The molecule has 9 unspecified atom stereocenters. The summed E-state index contributed by atoms with van der Waals surface area (Å²) in [5.41, 5.74) is 0. The average Bonchev–Trinajstić information content (AvgIpc) is 3.30. The zero-order valence-electron chi connectivity index (χ0n) is 47.2. The summed E-state index contributed by atoms with van der Waals surface area (Å²) in [6.45, 7) is 20.1.